The Kier molecular flexibility index (Phi) is 3.32. The molecule has 0 N–H and O–H groups in total. The summed E-state index contributed by atoms with van der Waals surface area (Å²) in [4.78, 5) is 23.5. The summed E-state index contributed by atoms with van der Waals surface area (Å²) < 4.78 is 4.71. The lowest BCUT2D eigenvalue weighted by atomic mass is 10.1. The van der Waals surface area contributed by atoms with Gasteiger partial charge in [-0.1, -0.05) is 5.92 Å². The van der Waals surface area contributed by atoms with Gasteiger partial charge in [0.2, 0.25) is 0 Å². The molecule has 0 spiro atoms. The molecule has 0 aromatic rings. The molecule has 0 atom stereocenters. The first-order chi connectivity index (χ1) is 6.24. The first-order valence-electron chi connectivity index (χ1n) is 4.11. The van der Waals surface area contributed by atoms with E-state index >= 15 is 0 Å². The minimum atomic E-state index is -0.426. The number of likely N-dealkylation sites (tertiary alicyclic amines) is 1. The largest absolute Gasteiger partial charge is 0.436 e. The molecule has 0 saturated carbocycles. The van der Waals surface area contributed by atoms with Crippen LogP contribution < -0.4 is 0 Å². The van der Waals surface area contributed by atoms with Gasteiger partial charge in [0.15, 0.2) is 6.61 Å². The molecule has 1 aliphatic rings. The van der Waals surface area contributed by atoms with Crippen LogP contribution in [0.25, 0.3) is 0 Å². The van der Waals surface area contributed by atoms with Gasteiger partial charge < -0.3 is 9.64 Å². The molecule has 1 fully saturated rings. The molecule has 4 nitrogen and oxygen atoms in total. The highest BCUT2D eigenvalue weighted by Crippen LogP contribution is 2.06. The van der Waals surface area contributed by atoms with Crippen LogP contribution in [0.3, 0.4) is 0 Å². The third-order valence-electron chi connectivity index (χ3n) is 1.86. The van der Waals surface area contributed by atoms with Crippen molar-refractivity contribution >= 4 is 11.9 Å². The molecular weight excluding hydrogens is 170 g/mol. The summed E-state index contributed by atoms with van der Waals surface area (Å²) in [7, 11) is 0. The van der Waals surface area contributed by atoms with Gasteiger partial charge in [0, 0.05) is 25.9 Å². The van der Waals surface area contributed by atoms with Gasteiger partial charge in [-0.2, -0.15) is 0 Å². The maximum Gasteiger partial charge on any atom is 0.410 e. The van der Waals surface area contributed by atoms with Crippen molar-refractivity contribution in [3.05, 3.63) is 0 Å². The molecule has 13 heavy (non-hydrogen) atoms. The van der Waals surface area contributed by atoms with Crippen molar-refractivity contribution in [2.24, 2.45) is 0 Å². The van der Waals surface area contributed by atoms with Crippen LogP contribution in [0.4, 0.5) is 4.79 Å². The number of carbonyl (C=O) groups is 2. The molecule has 0 radical (unpaired) electrons. The predicted octanol–water partition coefficient (Wildman–Crippen LogP) is 0.421. The summed E-state index contributed by atoms with van der Waals surface area (Å²) in [5, 5.41) is 0. The van der Waals surface area contributed by atoms with E-state index in [1.807, 2.05) is 0 Å². The zero-order valence-corrected chi connectivity index (χ0v) is 7.28. The highest BCUT2D eigenvalue weighted by Gasteiger charge is 2.21. The van der Waals surface area contributed by atoms with Gasteiger partial charge in [-0.05, 0) is 0 Å². The molecule has 1 saturated heterocycles. The molecule has 1 amide bonds. The van der Waals surface area contributed by atoms with Crippen LogP contribution in [0.1, 0.15) is 12.8 Å². The number of ketones is 1. The van der Waals surface area contributed by atoms with Gasteiger partial charge in [-0.15, -0.1) is 6.42 Å². The van der Waals surface area contributed by atoms with Gasteiger partial charge in [0.05, 0.1) is 0 Å². The van der Waals surface area contributed by atoms with Gasteiger partial charge >= 0.3 is 6.09 Å². The number of carbonyl (C=O) groups excluding carboxylic acids is 2. The van der Waals surface area contributed by atoms with Crippen molar-refractivity contribution in [1.29, 1.82) is 0 Å². The Hall–Kier alpha value is -1.50. The second-order valence-corrected chi connectivity index (χ2v) is 2.78. The molecule has 0 aromatic heterocycles. The Morgan fingerprint density at radius 2 is 2.15 bits per heavy atom. The van der Waals surface area contributed by atoms with Crippen molar-refractivity contribution in [2.45, 2.75) is 12.8 Å². The van der Waals surface area contributed by atoms with E-state index in [4.69, 9.17) is 11.2 Å². The highest BCUT2D eigenvalue weighted by atomic mass is 16.6. The first kappa shape index (κ1) is 9.59. The number of nitrogens with zero attached hydrogens (tertiary/aromatic N) is 1. The van der Waals surface area contributed by atoms with Crippen molar-refractivity contribution in [3.63, 3.8) is 0 Å². The van der Waals surface area contributed by atoms with E-state index in [-0.39, 0.29) is 12.4 Å². The second kappa shape index (κ2) is 4.51. The van der Waals surface area contributed by atoms with Crippen LogP contribution in [0.5, 0.6) is 0 Å². The van der Waals surface area contributed by atoms with E-state index in [9.17, 15) is 9.59 Å². The summed E-state index contributed by atoms with van der Waals surface area (Å²) in [6.45, 7) is 0.883. The van der Waals surface area contributed by atoms with Crippen molar-refractivity contribution in [2.75, 3.05) is 19.7 Å². The number of ether oxygens (including phenoxy) is 1. The summed E-state index contributed by atoms with van der Waals surface area (Å²) in [5.74, 6) is 2.41. The molecule has 70 valence electrons. The smallest absolute Gasteiger partial charge is 0.410 e. The van der Waals surface area contributed by atoms with E-state index in [1.165, 1.54) is 4.90 Å². The molecule has 4 heteroatoms. The minimum absolute atomic E-state index is 0.0106. The average molecular weight is 181 g/mol. The zero-order valence-electron chi connectivity index (χ0n) is 7.28. The molecule has 0 aromatic carbocycles. The first-order valence-corrected chi connectivity index (χ1v) is 4.11. The van der Waals surface area contributed by atoms with Gasteiger partial charge in [0.25, 0.3) is 0 Å². The highest BCUT2D eigenvalue weighted by molar-refractivity contribution is 5.81. The minimum Gasteiger partial charge on any atom is -0.436 e. The summed E-state index contributed by atoms with van der Waals surface area (Å²) >= 11 is 0. The number of amides is 1. The second-order valence-electron chi connectivity index (χ2n) is 2.78. The summed E-state index contributed by atoms with van der Waals surface area (Å²) in [6.07, 6.45) is 5.35. The van der Waals surface area contributed by atoms with Crippen LogP contribution >= 0.6 is 0 Å². The zero-order chi connectivity index (χ0) is 9.68. The van der Waals surface area contributed by atoms with Crippen LogP contribution in [0.15, 0.2) is 0 Å². The number of terminal acetylenes is 1. The SMILES string of the molecule is C#CCOC(=O)N1CCC(=O)CC1. The standard InChI is InChI=1S/C9H11NO3/c1-2-7-13-9(12)10-5-3-8(11)4-6-10/h1H,3-7H2. The van der Waals surface area contributed by atoms with E-state index in [0.717, 1.165) is 0 Å². The fourth-order valence-electron chi connectivity index (χ4n) is 1.13. The number of Topliss-reactive ketones (excluding diaryl/α,β-unsaturated/α-hetero) is 1. The fraction of sp³-hybridized carbons (Fsp3) is 0.556. The Morgan fingerprint density at radius 1 is 1.54 bits per heavy atom. The van der Waals surface area contributed by atoms with E-state index in [1.54, 1.807) is 0 Å². The summed E-state index contributed by atoms with van der Waals surface area (Å²) in [6, 6.07) is 0. The molecular formula is C9H11NO3. The van der Waals surface area contributed by atoms with Gasteiger partial charge in [0.1, 0.15) is 5.78 Å². The third kappa shape index (κ3) is 2.79. The Morgan fingerprint density at radius 3 is 2.69 bits per heavy atom. The monoisotopic (exact) mass is 181 g/mol. The van der Waals surface area contributed by atoms with E-state index < -0.39 is 6.09 Å². The van der Waals surface area contributed by atoms with Crippen molar-refractivity contribution in [3.8, 4) is 12.3 Å². The Bertz CT molecular complexity index is 244. The van der Waals surface area contributed by atoms with E-state index in [2.05, 4.69) is 5.92 Å². The molecule has 0 bridgehead atoms. The maximum absolute atomic E-state index is 11.2. The molecule has 0 unspecified atom stereocenters. The third-order valence-corrected chi connectivity index (χ3v) is 1.86. The van der Waals surface area contributed by atoms with Crippen molar-refractivity contribution in [1.82, 2.24) is 4.90 Å². The lowest BCUT2D eigenvalue weighted by Gasteiger charge is -2.24. The quantitative estimate of drug-likeness (QED) is 0.551. The number of hydrogen-bond acceptors (Lipinski definition) is 3. The van der Waals surface area contributed by atoms with Crippen LogP contribution in [0.2, 0.25) is 0 Å². The summed E-state index contributed by atoms with van der Waals surface area (Å²) in [5.41, 5.74) is 0. The number of rotatable bonds is 1. The van der Waals surface area contributed by atoms with Crippen molar-refractivity contribution < 1.29 is 14.3 Å². The van der Waals surface area contributed by atoms with Crippen LogP contribution in [0, 0.1) is 12.3 Å². The Balaban J connectivity index is 2.32. The molecule has 1 rings (SSSR count). The average Bonchev–Trinajstić information content (AvgIpc) is 2.15. The number of hydrogen-bond donors (Lipinski definition) is 0. The van der Waals surface area contributed by atoms with Gasteiger partial charge in [-0.3, -0.25) is 4.79 Å². The molecule has 1 heterocycles. The fourth-order valence-corrected chi connectivity index (χ4v) is 1.13. The van der Waals surface area contributed by atoms with E-state index in [0.29, 0.717) is 25.9 Å². The predicted molar refractivity (Wildman–Crippen MR) is 46.0 cm³/mol. The molecule has 1 aliphatic heterocycles. The lowest BCUT2D eigenvalue weighted by Crippen LogP contribution is -2.38. The molecule has 0 aliphatic carbocycles. The lowest BCUT2D eigenvalue weighted by molar-refractivity contribution is -0.121. The van der Waals surface area contributed by atoms with Gasteiger partial charge in [-0.25, -0.2) is 4.79 Å². The topological polar surface area (TPSA) is 46.6 Å². The van der Waals surface area contributed by atoms with Crippen LogP contribution in [-0.4, -0.2) is 36.5 Å². The van der Waals surface area contributed by atoms with Crippen LogP contribution in [-0.2, 0) is 9.53 Å². The maximum atomic E-state index is 11.2. The number of piperidine rings is 1. The normalized spacial score (nSPS) is 16.5. The Labute approximate surface area is 76.8 Å².